The highest BCUT2D eigenvalue weighted by Gasteiger charge is 2.28. The van der Waals surface area contributed by atoms with Gasteiger partial charge in [0, 0.05) is 43.7 Å². The van der Waals surface area contributed by atoms with Gasteiger partial charge in [0.1, 0.15) is 0 Å². The average molecular weight is 285 g/mol. The predicted molar refractivity (Wildman–Crippen MR) is 81.9 cm³/mol. The lowest BCUT2D eigenvalue weighted by molar-refractivity contribution is -0.121. The van der Waals surface area contributed by atoms with E-state index in [1.165, 1.54) is 0 Å². The number of hydrogen-bond donors (Lipinski definition) is 2. The first-order valence-corrected chi connectivity index (χ1v) is 7.55. The van der Waals surface area contributed by atoms with Crippen LogP contribution in [0.2, 0.25) is 0 Å². The van der Waals surface area contributed by atoms with Crippen LogP contribution in [0.5, 0.6) is 0 Å². The fourth-order valence-electron chi connectivity index (χ4n) is 2.23. The third kappa shape index (κ3) is 6.68. The van der Waals surface area contributed by atoms with Crippen molar-refractivity contribution in [3.8, 4) is 0 Å². The molecule has 0 saturated carbocycles. The molecule has 1 amide bonds. The summed E-state index contributed by atoms with van der Waals surface area (Å²) in [5, 5.41) is 6.37. The molecule has 1 fully saturated rings. The number of carbonyl (C=O) groups excluding carboxylic acids is 1. The fraction of sp³-hybridized carbons (Fsp3) is 0.933. The lowest BCUT2D eigenvalue weighted by Crippen LogP contribution is -2.55. The number of carbonyl (C=O) groups is 1. The number of rotatable bonds is 6. The lowest BCUT2D eigenvalue weighted by Gasteiger charge is -2.40. The summed E-state index contributed by atoms with van der Waals surface area (Å²) in [7, 11) is 0. The summed E-state index contributed by atoms with van der Waals surface area (Å²) >= 11 is 0. The summed E-state index contributed by atoms with van der Waals surface area (Å²) in [5.74, 6) is 0.114. The van der Waals surface area contributed by atoms with Crippen LogP contribution in [0.3, 0.4) is 0 Å². The number of nitrogens with one attached hydrogen (secondary N) is 2. The molecule has 5 nitrogen and oxygen atoms in total. The standard InChI is InChI=1S/C15H31N3O2/c1-14(2,3)17-7-6-13(19)16-12-15(4,5)18-8-10-20-11-9-18/h17H,6-12H2,1-5H3,(H,16,19). The van der Waals surface area contributed by atoms with Gasteiger partial charge >= 0.3 is 0 Å². The second kappa shape index (κ2) is 7.38. The van der Waals surface area contributed by atoms with Crippen LogP contribution in [-0.2, 0) is 9.53 Å². The van der Waals surface area contributed by atoms with Crippen molar-refractivity contribution >= 4 is 5.91 Å². The smallest absolute Gasteiger partial charge is 0.221 e. The second-order valence-corrected chi connectivity index (χ2v) is 7.12. The minimum absolute atomic E-state index is 0.0170. The SMILES string of the molecule is CC(C)(C)NCCC(=O)NCC(C)(C)N1CCOCC1. The van der Waals surface area contributed by atoms with Gasteiger partial charge in [0.2, 0.25) is 5.91 Å². The summed E-state index contributed by atoms with van der Waals surface area (Å²) in [6.45, 7) is 15.5. The maximum absolute atomic E-state index is 11.9. The first kappa shape index (κ1) is 17.4. The van der Waals surface area contributed by atoms with E-state index < -0.39 is 0 Å². The molecule has 0 unspecified atom stereocenters. The van der Waals surface area contributed by atoms with E-state index in [1.807, 2.05) is 0 Å². The predicted octanol–water partition coefficient (Wildman–Crippen LogP) is 0.992. The molecule has 0 atom stereocenters. The Bertz CT molecular complexity index is 305. The first-order valence-electron chi connectivity index (χ1n) is 7.55. The van der Waals surface area contributed by atoms with Crippen molar-refractivity contribution in [1.82, 2.24) is 15.5 Å². The molecular weight excluding hydrogens is 254 g/mol. The highest BCUT2D eigenvalue weighted by atomic mass is 16.5. The Morgan fingerprint density at radius 1 is 1.15 bits per heavy atom. The third-order valence-electron chi connectivity index (χ3n) is 3.59. The highest BCUT2D eigenvalue weighted by molar-refractivity contribution is 5.76. The van der Waals surface area contributed by atoms with Gasteiger partial charge < -0.3 is 15.4 Å². The number of hydrogen-bond acceptors (Lipinski definition) is 4. The molecule has 118 valence electrons. The molecule has 5 heteroatoms. The summed E-state index contributed by atoms with van der Waals surface area (Å²) in [6, 6.07) is 0. The molecule has 2 N–H and O–H groups in total. The zero-order valence-corrected chi connectivity index (χ0v) is 13.7. The van der Waals surface area contributed by atoms with Crippen LogP contribution in [0, 0.1) is 0 Å². The Labute approximate surface area is 123 Å². The van der Waals surface area contributed by atoms with Crippen molar-refractivity contribution < 1.29 is 9.53 Å². The zero-order chi connectivity index (χ0) is 15.2. The van der Waals surface area contributed by atoms with Crippen LogP contribution < -0.4 is 10.6 Å². The molecule has 1 rings (SSSR count). The van der Waals surface area contributed by atoms with Crippen molar-refractivity contribution in [3.63, 3.8) is 0 Å². The monoisotopic (exact) mass is 285 g/mol. The Hall–Kier alpha value is -0.650. The number of nitrogens with zero attached hydrogens (tertiary/aromatic N) is 1. The molecule has 0 spiro atoms. The van der Waals surface area contributed by atoms with Crippen LogP contribution in [-0.4, -0.2) is 61.3 Å². The van der Waals surface area contributed by atoms with Crippen LogP contribution >= 0.6 is 0 Å². The van der Waals surface area contributed by atoms with Gasteiger partial charge in [-0.25, -0.2) is 0 Å². The van der Waals surface area contributed by atoms with Crippen LogP contribution in [0.1, 0.15) is 41.0 Å². The molecule has 0 aromatic rings. The van der Waals surface area contributed by atoms with Gasteiger partial charge in [-0.3, -0.25) is 9.69 Å². The van der Waals surface area contributed by atoms with Gasteiger partial charge in [-0.1, -0.05) is 0 Å². The van der Waals surface area contributed by atoms with E-state index >= 15 is 0 Å². The minimum atomic E-state index is -0.0170. The van der Waals surface area contributed by atoms with E-state index in [9.17, 15) is 4.79 Å². The van der Waals surface area contributed by atoms with E-state index in [1.54, 1.807) is 0 Å². The summed E-state index contributed by atoms with van der Waals surface area (Å²) in [4.78, 5) is 14.2. The van der Waals surface area contributed by atoms with Crippen molar-refractivity contribution in [3.05, 3.63) is 0 Å². The van der Waals surface area contributed by atoms with Gasteiger partial charge in [-0.15, -0.1) is 0 Å². The second-order valence-electron chi connectivity index (χ2n) is 7.12. The van der Waals surface area contributed by atoms with Crippen LogP contribution in [0.4, 0.5) is 0 Å². The third-order valence-corrected chi connectivity index (χ3v) is 3.59. The zero-order valence-electron chi connectivity index (χ0n) is 13.7. The van der Waals surface area contributed by atoms with Gasteiger partial charge in [-0.05, 0) is 34.6 Å². The molecule has 1 aliphatic rings. The quantitative estimate of drug-likeness (QED) is 0.764. The molecule has 1 aliphatic heterocycles. The Morgan fingerprint density at radius 3 is 2.30 bits per heavy atom. The normalized spacial score (nSPS) is 18.1. The number of ether oxygens (including phenoxy) is 1. The fourth-order valence-corrected chi connectivity index (χ4v) is 2.23. The summed E-state index contributed by atoms with van der Waals surface area (Å²) in [6.07, 6.45) is 0.524. The first-order chi connectivity index (χ1) is 9.21. The van der Waals surface area contributed by atoms with Crippen LogP contribution in [0.25, 0.3) is 0 Å². The molecular formula is C15H31N3O2. The van der Waals surface area contributed by atoms with E-state index in [2.05, 4.69) is 50.2 Å². The van der Waals surface area contributed by atoms with E-state index in [0.29, 0.717) is 19.5 Å². The number of amides is 1. The maximum Gasteiger partial charge on any atom is 0.221 e. The van der Waals surface area contributed by atoms with Gasteiger partial charge in [-0.2, -0.15) is 0 Å². The van der Waals surface area contributed by atoms with Crippen molar-refractivity contribution in [1.29, 1.82) is 0 Å². The van der Waals surface area contributed by atoms with Crippen molar-refractivity contribution in [2.75, 3.05) is 39.4 Å². The molecule has 0 aromatic carbocycles. The Morgan fingerprint density at radius 2 is 1.75 bits per heavy atom. The Kier molecular flexibility index (Phi) is 6.43. The molecule has 0 bridgehead atoms. The van der Waals surface area contributed by atoms with Gasteiger partial charge in [0.25, 0.3) is 0 Å². The summed E-state index contributed by atoms with van der Waals surface area (Å²) in [5.41, 5.74) is 0.0459. The van der Waals surface area contributed by atoms with Gasteiger partial charge in [0.15, 0.2) is 0 Å². The highest BCUT2D eigenvalue weighted by Crippen LogP contribution is 2.15. The molecule has 1 heterocycles. The molecule has 0 aromatic heterocycles. The lowest BCUT2D eigenvalue weighted by atomic mass is 10.0. The van der Waals surface area contributed by atoms with Crippen LogP contribution in [0.15, 0.2) is 0 Å². The summed E-state index contributed by atoms with van der Waals surface area (Å²) < 4.78 is 5.37. The van der Waals surface area contributed by atoms with Gasteiger partial charge in [0.05, 0.1) is 13.2 Å². The van der Waals surface area contributed by atoms with Crippen molar-refractivity contribution in [2.45, 2.75) is 52.1 Å². The largest absolute Gasteiger partial charge is 0.379 e. The Balaban J connectivity index is 2.25. The van der Waals surface area contributed by atoms with Crippen molar-refractivity contribution in [2.24, 2.45) is 0 Å². The average Bonchev–Trinajstić information content (AvgIpc) is 2.36. The van der Waals surface area contributed by atoms with E-state index in [-0.39, 0.29) is 17.0 Å². The molecule has 1 saturated heterocycles. The van der Waals surface area contributed by atoms with E-state index in [0.717, 1.165) is 26.3 Å². The minimum Gasteiger partial charge on any atom is -0.379 e. The maximum atomic E-state index is 11.9. The topological polar surface area (TPSA) is 53.6 Å². The number of morpholine rings is 1. The molecule has 20 heavy (non-hydrogen) atoms. The molecule has 0 radical (unpaired) electrons. The van der Waals surface area contributed by atoms with E-state index in [4.69, 9.17) is 4.74 Å². The molecule has 0 aliphatic carbocycles.